The van der Waals surface area contributed by atoms with Crippen molar-refractivity contribution in [2.75, 3.05) is 44.8 Å². The average Bonchev–Trinajstić information content (AvgIpc) is 3.08. The van der Waals surface area contributed by atoms with Gasteiger partial charge in [0.05, 0.1) is 32.8 Å². The number of benzene rings is 1. The number of hydrogen-bond acceptors (Lipinski definition) is 6. The first-order valence-electron chi connectivity index (χ1n) is 10.7. The molecule has 0 radical (unpaired) electrons. The van der Waals surface area contributed by atoms with Crippen LogP contribution in [-0.2, 0) is 28.7 Å². The van der Waals surface area contributed by atoms with Gasteiger partial charge in [-0.25, -0.2) is 0 Å². The van der Waals surface area contributed by atoms with E-state index in [1.54, 1.807) is 0 Å². The summed E-state index contributed by atoms with van der Waals surface area (Å²) in [6.45, 7) is 5.90. The Morgan fingerprint density at radius 2 is 1.50 bits per heavy atom. The Morgan fingerprint density at radius 3 is 2.12 bits per heavy atom. The Kier molecular flexibility index (Phi) is 10.6. The molecule has 1 heterocycles. The molecule has 9 nitrogen and oxygen atoms in total. The molecule has 0 spiro atoms. The molecule has 1 aromatic rings. The number of carbonyl (C=O) groups is 4. The summed E-state index contributed by atoms with van der Waals surface area (Å²) in [5.74, 6) is -0.725. The van der Waals surface area contributed by atoms with Crippen LogP contribution in [0.2, 0.25) is 0 Å². The van der Waals surface area contributed by atoms with Crippen molar-refractivity contribution in [3.8, 4) is 0 Å². The molecule has 0 fully saturated rings. The van der Waals surface area contributed by atoms with E-state index in [1.807, 2.05) is 24.3 Å². The summed E-state index contributed by atoms with van der Waals surface area (Å²) >= 11 is 0. The van der Waals surface area contributed by atoms with Crippen molar-refractivity contribution < 1.29 is 28.7 Å². The minimum absolute atomic E-state index is 0.0478. The van der Waals surface area contributed by atoms with Gasteiger partial charge in [0, 0.05) is 37.3 Å². The molecule has 0 saturated carbocycles. The lowest BCUT2D eigenvalue weighted by Gasteiger charge is -2.13. The largest absolute Gasteiger partial charge is 0.379 e. The Morgan fingerprint density at radius 1 is 0.875 bits per heavy atom. The molecule has 0 aromatic heterocycles. The quantitative estimate of drug-likeness (QED) is 0.332. The lowest BCUT2D eigenvalue weighted by molar-refractivity contribution is -0.137. The van der Waals surface area contributed by atoms with Crippen molar-refractivity contribution in [2.45, 2.75) is 32.6 Å². The molecule has 0 saturated heterocycles. The van der Waals surface area contributed by atoms with Crippen molar-refractivity contribution in [3.05, 3.63) is 42.0 Å². The normalized spacial score (nSPS) is 13.2. The van der Waals surface area contributed by atoms with Crippen LogP contribution >= 0.6 is 0 Å². The predicted octanol–water partition coefficient (Wildman–Crippen LogP) is 1.60. The van der Waals surface area contributed by atoms with Gasteiger partial charge in [-0.1, -0.05) is 26.0 Å². The lowest BCUT2D eigenvalue weighted by atomic mass is 10.0. The number of imide groups is 1. The third-order valence-corrected chi connectivity index (χ3v) is 4.74. The van der Waals surface area contributed by atoms with Crippen LogP contribution in [0.15, 0.2) is 36.4 Å². The van der Waals surface area contributed by atoms with Gasteiger partial charge in [-0.05, 0) is 23.6 Å². The minimum Gasteiger partial charge on any atom is -0.379 e. The van der Waals surface area contributed by atoms with E-state index in [9.17, 15) is 19.2 Å². The highest BCUT2D eigenvalue weighted by atomic mass is 16.5. The highest BCUT2D eigenvalue weighted by Crippen LogP contribution is 2.17. The maximum Gasteiger partial charge on any atom is 0.253 e. The first-order chi connectivity index (χ1) is 15.4. The zero-order valence-electron chi connectivity index (χ0n) is 18.6. The highest BCUT2D eigenvalue weighted by Gasteiger charge is 2.23. The molecule has 4 amide bonds. The SMILES string of the molecule is CC(C)c1ccc(NC(=O)CCOCCOCCNC(=O)CCN2C(=O)C=CC2=O)cc1. The van der Waals surface area contributed by atoms with Gasteiger partial charge >= 0.3 is 0 Å². The van der Waals surface area contributed by atoms with Crippen LogP contribution in [0, 0.1) is 0 Å². The number of anilines is 1. The van der Waals surface area contributed by atoms with E-state index < -0.39 is 11.8 Å². The summed E-state index contributed by atoms with van der Waals surface area (Å²) in [4.78, 5) is 47.5. The number of rotatable bonds is 14. The summed E-state index contributed by atoms with van der Waals surface area (Å²) in [5.41, 5.74) is 1.98. The maximum atomic E-state index is 11.9. The second-order valence-electron chi connectivity index (χ2n) is 7.56. The van der Waals surface area contributed by atoms with Gasteiger partial charge in [-0.15, -0.1) is 0 Å². The second-order valence-corrected chi connectivity index (χ2v) is 7.56. The van der Waals surface area contributed by atoms with Gasteiger partial charge in [0.25, 0.3) is 11.8 Å². The van der Waals surface area contributed by atoms with Gasteiger partial charge in [-0.3, -0.25) is 24.1 Å². The van der Waals surface area contributed by atoms with E-state index >= 15 is 0 Å². The van der Waals surface area contributed by atoms with E-state index in [0.29, 0.717) is 38.9 Å². The average molecular weight is 446 g/mol. The molecule has 1 aromatic carbocycles. The molecule has 32 heavy (non-hydrogen) atoms. The summed E-state index contributed by atoms with van der Waals surface area (Å²) in [6.07, 6.45) is 2.67. The van der Waals surface area contributed by atoms with Crippen LogP contribution in [0.4, 0.5) is 5.69 Å². The Labute approximate surface area is 188 Å². The van der Waals surface area contributed by atoms with Crippen LogP contribution < -0.4 is 10.6 Å². The smallest absolute Gasteiger partial charge is 0.253 e. The Bertz CT molecular complexity index is 802. The standard InChI is InChI=1S/C23H31N3O6/c1-17(2)18-3-5-19(6-4-18)25-21(28)10-13-31-15-16-32-14-11-24-20(27)9-12-26-22(29)7-8-23(26)30/h3-8,17H,9-16H2,1-2H3,(H,24,27)(H,25,28). The third-order valence-electron chi connectivity index (χ3n) is 4.74. The topological polar surface area (TPSA) is 114 Å². The summed E-state index contributed by atoms with van der Waals surface area (Å²) < 4.78 is 10.7. The van der Waals surface area contributed by atoms with Crippen molar-refractivity contribution >= 4 is 29.3 Å². The van der Waals surface area contributed by atoms with Gasteiger partial charge < -0.3 is 20.1 Å². The van der Waals surface area contributed by atoms with E-state index in [4.69, 9.17) is 9.47 Å². The fourth-order valence-corrected chi connectivity index (χ4v) is 2.88. The molecule has 174 valence electrons. The van der Waals surface area contributed by atoms with E-state index in [0.717, 1.165) is 10.6 Å². The van der Waals surface area contributed by atoms with Crippen molar-refractivity contribution in [1.29, 1.82) is 0 Å². The molecular weight excluding hydrogens is 414 g/mol. The summed E-state index contributed by atoms with van der Waals surface area (Å²) in [5, 5.41) is 5.49. The van der Waals surface area contributed by atoms with Crippen molar-refractivity contribution in [2.24, 2.45) is 0 Å². The molecule has 1 aliphatic rings. The summed E-state index contributed by atoms with van der Waals surface area (Å²) in [7, 11) is 0. The highest BCUT2D eigenvalue weighted by molar-refractivity contribution is 6.13. The van der Waals surface area contributed by atoms with Crippen LogP contribution in [-0.4, -0.2) is 68.0 Å². The molecule has 0 atom stereocenters. The van der Waals surface area contributed by atoms with Crippen molar-refractivity contribution in [3.63, 3.8) is 0 Å². The first kappa shape index (κ1) is 25.2. The minimum atomic E-state index is -0.399. The lowest BCUT2D eigenvalue weighted by Crippen LogP contribution is -2.35. The van der Waals surface area contributed by atoms with Crippen LogP contribution in [0.5, 0.6) is 0 Å². The molecule has 2 rings (SSSR count). The Hall–Kier alpha value is -3.04. The predicted molar refractivity (Wildman–Crippen MR) is 119 cm³/mol. The molecule has 0 aliphatic carbocycles. The van der Waals surface area contributed by atoms with Crippen molar-refractivity contribution in [1.82, 2.24) is 10.2 Å². The molecule has 9 heteroatoms. The number of nitrogens with one attached hydrogen (secondary N) is 2. The molecule has 2 N–H and O–H groups in total. The van der Waals surface area contributed by atoms with Crippen LogP contribution in [0.3, 0.4) is 0 Å². The molecule has 1 aliphatic heterocycles. The fourth-order valence-electron chi connectivity index (χ4n) is 2.88. The third kappa shape index (κ3) is 8.99. The molecule has 0 bridgehead atoms. The number of amides is 4. The van der Waals surface area contributed by atoms with E-state index in [-0.39, 0.29) is 31.2 Å². The zero-order valence-corrected chi connectivity index (χ0v) is 18.6. The van der Waals surface area contributed by atoms with Gasteiger partial charge in [0.2, 0.25) is 11.8 Å². The number of carbonyl (C=O) groups excluding carboxylic acids is 4. The number of nitrogens with zero attached hydrogens (tertiary/aromatic N) is 1. The fraction of sp³-hybridized carbons (Fsp3) is 0.478. The van der Waals surface area contributed by atoms with Gasteiger partial charge in [0.1, 0.15) is 0 Å². The van der Waals surface area contributed by atoms with Gasteiger partial charge in [0.15, 0.2) is 0 Å². The zero-order chi connectivity index (χ0) is 23.3. The van der Waals surface area contributed by atoms with Crippen LogP contribution in [0.1, 0.15) is 38.2 Å². The summed E-state index contributed by atoms with van der Waals surface area (Å²) in [6, 6.07) is 7.79. The second kappa shape index (κ2) is 13.4. The monoisotopic (exact) mass is 445 g/mol. The van der Waals surface area contributed by atoms with Crippen LogP contribution in [0.25, 0.3) is 0 Å². The van der Waals surface area contributed by atoms with Gasteiger partial charge in [-0.2, -0.15) is 0 Å². The molecule has 0 unspecified atom stereocenters. The first-order valence-corrected chi connectivity index (χ1v) is 10.7. The number of hydrogen-bond donors (Lipinski definition) is 2. The Balaban J connectivity index is 1.42. The van der Waals surface area contributed by atoms with E-state index in [2.05, 4.69) is 24.5 Å². The maximum absolute atomic E-state index is 11.9. The molecular formula is C23H31N3O6. The van der Waals surface area contributed by atoms with E-state index in [1.165, 1.54) is 17.7 Å². The number of ether oxygens (including phenoxy) is 2.